The molecule has 0 spiro atoms. The fourth-order valence-electron chi connectivity index (χ4n) is 2.66. The average Bonchev–Trinajstić information content (AvgIpc) is 2.49. The van der Waals surface area contributed by atoms with Gasteiger partial charge in [-0.25, -0.2) is 9.97 Å². The van der Waals surface area contributed by atoms with Crippen molar-refractivity contribution in [2.24, 2.45) is 0 Å². The number of nitrogens with zero attached hydrogens (tertiary/aromatic N) is 2. The number of anilines is 1. The van der Waals surface area contributed by atoms with Gasteiger partial charge in [-0.2, -0.15) is 13.2 Å². The Hall–Kier alpha value is -2.15. The summed E-state index contributed by atoms with van der Waals surface area (Å²) in [5.74, 6) is 0.671. The first-order valence-corrected chi connectivity index (χ1v) is 7.32. The Morgan fingerprint density at radius 1 is 1.17 bits per heavy atom. The zero-order valence-corrected chi connectivity index (χ0v) is 12.2. The van der Waals surface area contributed by atoms with Crippen molar-refractivity contribution in [2.75, 3.05) is 5.32 Å². The summed E-state index contributed by atoms with van der Waals surface area (Å²) in [7, 11) is 0. The Balaban J connectivity index is 1.71. The predicted molar refractivity (Wildman–Crippen MR) is 78.8 cm³/mol. The summed E-state index contributed by atoms with van der Waals surface area (Å²) in [6.45, 7) is 0.0272. The van der Waals surface area contributed by atoms with Crippen LogP contribution in [0.15, 0.2) is 36.7 Å². The molecule has 1 saturated carbocycles. The monoisotopic (exact) mass is 323 g/mol. The van der Waals surface area contributed by atoms with Crippen molar-refractivity contribution in [1.29, 1.82) is 0 Å². The van der Waals surface area contributed by atoms with Crippen LogP contribution in [0.4, 0.5) is 19.0 Å². The molecule has 1 aromatic heterocycles. The topological polar surface area (TPSA) is 58.0 Å². The minimum Gasteiger partial charge on any atom is -0.393 e. The number of rotatable bonds is 4. The quantitative estimate of drug-likeness (QED) is 0.906. The van der Waals surface area contributed by atoms with Gasteiger partial charge in [0.2, 0.25) is 0 Å². The summed E-state index contributed by atoms with van der Waals surface area (Å²) >= 11 is 0. The summed E-state index contributed by atoms with van der Waals surface area (Å²) in [4.78, 5) is 8.21. The van der Waals surface area contributed by atoms with E-state index in [-0.39, 0.29) is 24.1 Å². The van der Waals surface area contributed by atoms with E-state index in [0.717, 1.165) is 11.8 Å². The molecule has 7 heteroatoms. The molecule has 4 nitrogen and oxygen atoms in total. The zero-order chi connectivity index (χ0) is 16.4. The number of halogens is 3. The molecule has 2 N–H and O–H groups in total. The molecule has 23 heavy (non-hydrogen) atoms. The summed E-state index contributed by atoms with van der Waals surface area (Å²) in [5, 5.41) is 12.3. The number of aromatic nitrogens is 2. The van der Waals surface area contributed by atoms with Gasteiger partial charge in [0, 0.05) is 24.2 Å². The number of benzene rings is 1. The Bertz CT molecular complexity index is 684. The molecule has 0 amide bonds. The van der Waals surface area contributed by atoms with Crippen molar-refractivity contribution in [3.05, 3.63) is 53.5 Å². The first kappa shape index (κ1) is 15.7. The van der Waals surface area contributed by atoms with E-state index in [1.807, 2.05) is 0 Å². The van der Waals surface area contributed by atoms with Gasteiger partial charge in [0.1, 0.15) is 12.1 Å². The van der Waals surface area contributed by atoms with Gasteiger partial charge in [-0.1, -0.05) is 18.2 Å². The van der Waals surface area contributed by atoms with Crippen molar-refractivity contribution in [3.8, 4) is 0 Å². The summed E-state index contributed by atoms with van der Waals surface area (Å²) in [6, 6.07) is 7.19. The highest BCUT2D eigenvalue weighted by Crippen LogP contribution is 2.36. The van der Waals surface area contributed by atoms with Crippen LogP contribution >= 0.6 is 0 Å². The first-order valence-electron chi connectivity index (χ1n) is 7.32. The summed E-state index contributed by atoms with van der Waals surface area (Å²) in [6.07, 6.45) is -1.96. The van der Waals surface area contributed by atoms with Gasteiger partial charge >= 0.3 is 6.18 Å². The third kappa shape index (κ3) is 3.61. The van der Waals surface area contributed by atoms with E-state index in [2.05, 4.69) is 15.3 Å². The number of alkyl halides is 3. The lowest BCUT2D eigenvalue weighted by molar-refractivity contribution is -0.138. The largest absolute Gasteiger partial charge is 0.416 e. The second-order valence-electron chi connectivity index (χ2n) is 5.66. The molecule has 0 bridgehead atoms. The normalized spacial score (nSPS) is 20.9. The Morgan fingerprint density at radius 2 is 1.91 bits per heavy atom. The minimum absolute atomic E-state index is 0.0272. The molecule has 2 aromatic rings. The molecule has 0 saturated heterocycles. The number of aliphatic hydroxyl groups is 1. The first-order chi connectivity index (χ1) is 10.9. The van der Waals surface area contributed by atoms with Crippen LogP contribution in [-0.4, -0.2) is 21.2 Å². The van der Waals surface area contributed by atoms with Gasteiger partial charge in [-0.3, -0.25) is 0 Å². The number of nitrogens with one attached hydrogen (secondary N) is 1. The van der Waals surface area contributed by atoms with Gasteiger partial charge in [-0.05, 0) is 24.5 Å². The van der Waals surface area contributed by atoms with Crippen molar-refractivity contribution in [2.45, 2.75) is 37.6 Å². The van der Waals surface area contributed by atoms with E-state index in [4.69, 9.17) is 0 Å². The van der Waals surface area contributed by atoms with Crippen molar-refractivity contribution >= 4 is 5.82 Å². The maximum atomic E-state index is 13.0. The average molecular weight is 323 g/mol. The van der Waals surface area contributed by atoms with Crippen molar-refractivity contribution in [1.82, 2.24) is 9.97 Å². The maximum Gasteiger partial charge on any atom is 0.416 e. The zero-order valence-electron chi connectivity index (χ0n) is 12.2. The second-order valence-corrected chi connectivity index (χ2v) is 5.66. The fourth-order valence-corrected chi connectivity index (χ4v) is 2.66. The SMILES string of the molecule is OC1CC(c2cc(NCc3ccccc3C(F)(F)F)ncn2)C1. The van der Waals surface area contributed by atoms with Crippen molar-refractivity contribution < 1.29 is 18.3 Å². The molecule has 3 rings (SSSR count). The molecule has 0 radical (unpaired) electrons. The highest BCUT2D eigenvalue weighted by molar-refractivity contribution is 5.39. The van der Waals surface area contributed by atoms with Gasteiger partial charge < -0.3 is 10.4 Å². The molecule has 122 valence electrons. The minimum atomic E-state index is -4.38. The Labute approximate surface area is 131 Å². The standard InChI is InChI=1S/C16H16F3N3O/c17-16(18,19)13-4-2-1-3-10(13)8-20-15-7-14(21-9-22-15)11-5-12(23)6-11/h1-4,7,9,11-12,23H,5-6,8H2,(H,20,21,22). The molecule has 1 fully saturated rings. The molecule has 0 aliphatic heterocycles. The Morgan fingerprint density at radius 3 is 2.61 bits per heavy atom. The third-order valence-electron chi connectivity index (χ3n) is 4.00. The lowest BCUT2D eigenvalue weighted by Gasteiger charge is -2.30. The predicted octanol–water partition coefficient (Wildman–Crippen LogP) is 3.35. The maximum absolute atomic E-state index is 13.0. The summed E-state index contributed by atoms with van der Waals surface area (Å²) < 4.78 is 38.9. The molecule has 1 aliphatic carbocycles. The van der Waals surface area contributed by atoms with Crippen LogP contribution in [-0.2, 0) is 12.7 Å². The van der Waals surface area contributed by atoms with Crippen LogP contribution in [0.1, 0.15) is 35.6 Å². The van der Waals surface area contributed by atoms with Crippen LogP contribution < -0.4 is 5.32 Å². The number of hydrogen-bond donors (Lipinski definition) is 2. The van der Waals surface area contributed by atoms with Crippen LogP contribution in [0.5, 0.6) is 0 Å². The lowest BCUT2D eigenvalue weighted by Crippen LogP contribution is -2.27. The summed E-state index contributed by atoms with van der Waals surface area (Å²) in [5.41, 5.74) is 0.319. The molecule has 1 aromatic carbocycles. The van der Waals surface area contributed by atoms with E-state index >= 15 is 0 Å². The van der Waals surface area contributed by atoms with E-state index in [0.29, 0.717) is 18.7 Å². The fraction of sp³-hybridized carbons (Fsp3) is 0.375. The number of hydrogen-bond acceptors (Lipinski definition) is 4. The van der Waals surface area contributed by atoms with Gasteiger partial charge in [0.05, 0.1) is 11.7 Å². The molecule has 0 atom stereocenters. The molecule has 1 heterocycles. The van der Waals surface area contributed by atoms with E-state index < -0.39 is 11.7 Å². The highest BCUT2D eigenvalue weighted by Gasteiger charge is 2.33. The van der Waals surface area contributed by atoms with Crippen LogP contribution in [0, 0.1) is 0 Å². The van der Waals surface area contributed by atoms with Crippen LogP contribution in [0.25, 0.3) is 0 Å². The number of aliphatic hydroxyl groups excluding tert-OH is 1. The van der Waals surface area contributed by atoms with Gasteiger partial charge in [0.15, 0.2) is 0 Å². The molecule has 1 aliphatic rings. The van der Waals surface area contributed by atoms with Gasteiger partial charge in [0.25, 0.3) is 0 Å². The highest BCUT2D eigenvalue weighted by atomic mass is 19.4. The molecule has 0 unspecified atom stereocenters. The van der Waals surface area contributed by atoms with E-state index in [1.54, 1.807) is 12.1 Å². The third-order valence-corrected chi connectivity index (χ3v) is 4.00. The molecular formula is C16H16F3N3O. The van der Waals surface area contributed by atoms with E-state index in [9.17, 15) is 18.3 Å². The lowest BCUT2D eigenvalue weighted by atomic mass is 9.80. The molecular weight excluding hydrogens is 307 g/mol. The van der Waals surface area contributed by atoms with E-state index in [1.165, 1.54) is 18.5 Å². The second kappa shape index (κ2) is 6.16. The van der Waals surface area contributed by atoms with Gasteiger partial charge in [-0.15, -0.1) is 0 Å². The van der Waals surface area contributed by atoms with Crippen LogP contribution in [0.3, 0.4) is 0 Å². The Kier molecular flexibility index (Phi) is 4.21. The smallest absolute Gasteiger partial charge is 0.393 e. The van der Waals surface area contributed by atoms with Crippen LogP contribution in [0.2, 0.25) is 0 Å². The van der Waals surface area contributed by atoms with Crippen molar-refractivity contribution in [3.63, 3.8) is 0 Å².